The van der Waals surface area contributed by atoms with Gasteiger partial charge in [0.2, 0.25) is 5.91 Å². The molecule has 0 aliphatic carbocycles. The molecule has 2 aliphatic rings. The Bertz CT molecular complexity index is 1110. The number of aromatic amines is 1. The Morgan fingerprint density at radius 2 is 1.68 bits per heavy atom. The first kappa shape index (κ1) is 16.9. The minimum atomic E-state index is 0.203. The van der Waals surface area contributed by atoms with E-state index in [1.54, 1.807) is 14.2 Å². The minimum absolute atomic E-state index is 0.203. The first-order valence-electron chi connectivity index (χ1n) is 9.56. The zero-order chi connectivity index (χ0) is 19.3. The highest BCUT2D eigenvalue weighted by atomic mass is 16.5. The van der Waals surface area contributed by atoms with Crippen LogP contribution in [-0.4, -0.2) is 36.6 Å². The molecule has 5 heteroatoms. The molecule has 1 aromatic heterocycles. The fraction of sp³-hybridized carbons (Fsp3) is 0.261. The molecule has 28 heavy (non-hydrogen) atoms. The molecule has 2 aliphatic heterocycles. The molecule has 0 radical (unpaired) electrons. The fourth-order valence-corrected chi connectivity index (χ4v) is 4.41. The summed E-state index contributed by atoms with van der Waals surface area (Å²) in [5.74, 6) is 1.88. The Morgan fingerprint density at radius 1 is 0.929 bits per heavy atom. The number of H-pyrrole nitrogens is 1. The van der Waals surface area contributed by atoms with Gasteiger partial charge in [0, 0.05) is 23.9 Å². The van der Waals surface area contributed by atoms with Gasteiger partial charge in [-0.3, -0.25) is 4.79 Å². The average molecular weight is 374 g/mol. The number of nitrogens with one attached hydrogen (secondary N) is 1. The van der Waals surface area contributed by atoms with Crippen molar-refractivity contribution in [3.8, 4) is 11.5 Å². The summed E-state index contributed by atoms with van der Waals surface area (Å²) in [5.41, 5.74) is 6.78. The van der Waals surface area contributed by atoms with Gasteiger partial charge in [0.25, 0.3) is 0 Å². The molecular formula is C23H22N2O3. The van der Waals surface area contributed by atoms with Crippen LogP contribution in [0.25, 0.3) is 22.2 Å². The standard InChI is InChI=1S/C23H22N2O3/c1-27-15-5-3-14(4-6-15)17-8-10-21(26)25-12-11-18-19-13-16(28-2)7-9-20(19)24-22(18)23(17)25/h3-7,9,13,24H,8,10-12H2,1-2H3. The lowest BCUT2D eigenvalue weighted by atomic mass is 9.89. The molecule has 142 valence electrons. The van der Waals surface area contributed by atoms with E-state index in [-0.39, 0.29) is 5.91 Å². The molecule has 0 bridgehead atoms. The first-order valence-corrected chi connectivity index (χ1v) is 9.56. The van der Waals surface area contributed by atoms with Gasteiger partial charge in [-0.2, -0.15) is 0 Å². The van der Waals surface area contributed by atoms with Gasteiger partial charge in [0.15, 0.2) is 0 Å². The number of ether oxygens (including phenoxy) is 2. The zero-order valence-electron chi connectivity index (χ0n) is 16.0. The quantitative estimate of drug-likeness (QED) is 0.746. The van der Waals surface area contributed by atoms with Crippen LogP contribution in [0.15, 0.2) is 42.5 Å². The zero-order valence-corrected chi connectivity index (χ0v) is 16.0. The number of benzene rings is 2. The van der Waals surface area contributed by atoms with Gasteiger partial charge in [-0.25, -0.2) is 0 Å². The summed E-state index contributed by atoms with van der Waals surface area (Å²) in [6, 6.07) is 14.2. The van der Waals surface area contributed by atoms with Crippen LogP contribution < -0.4 is 9.47 Å². The van der Waals surface area contributed by atoms with Crippen molar-refractivity contribution in [2.24, 2.45) is 0 Å². The Morgan fingerprint density at radius 3 is 2.43 bits per heavy atom. The maximum absolute atomic E-state index is 12.7. The molecule has 0 unspecified atom stereocenters. The summed E-state index contributed by atoms with van der Waals surface area (Å²) < 4.78 is 10.7. The van der Waals surface area contributed by atoms with Gasteiger partial charge >= 0.3 is 0 Å². The van der Waals surface area contributed by atoms with Gasteiger partial charge in [-0.1, -0.05) is 12.1 Å². The molecule has 5 nitrogen and oxygen atoms in total. The molecule has 2 aromatic carbocycles. The van der Waals surface area contributed by atoms with Gasteiger partial charge in [-0.05, 0) is 59.9 Å². The van der Waals surface area contributed by atoms with Crippen molar-refractivity contribution in [2.45, 2.75) is 19.3 Å². The summed E-state index contributed by atoms with van der Waals surface area (Å²) >= 11 is 0. The molecule has 3 heterocycles. The molecule has 1 amide bonds. The lowest BCUT2D eigenvalue weighted by molar-refractivity contribution is -0.128. The molecule has 3 aromatic rings. The Balaban J connectivity index is 1.73. The van der Waals surface area contributed by atoms with Crippen molar-refractivity contribution in [2.75, 3.05) is 20.8 Å². The summed E-state index contributed by atoms with van der Waals surface area (Å²) in [6.07, 6.45) is 2.14. The van der Waals surface area contributed by atoms with Crippen molar-refractivity contribution in [3.05, 3.63) is 59.3 Å². The van der Waals surface area contributed by atoms with Crippen molar-refractivity contribution in [1.29, 1.82) is 0 Å². The van der Waals surface area contributed by atoms with Crippen molar-refractivity contribution in [1.82, 2.24) is 9.88 Å². The largest absolute Gasteiger partial charge is 0.497 e. The fourth-order valence-electron chi connectivity index (χ4n) is 4.41. The highest BCUT2D eigenvalue weighted by Crippen LogP contribution is 2.43. The number of amides is 1. The van der Waals surface area contributed by atoms with Crippen molar-refractivity contribution < 1.29 is 14.3 Å². The van der Waals surface area contributed by atoms with Gasteiger partial charge in [0.1, 0.15) is 11.5 Å². The number of rotatable bonds is 3. The molecule has 0 saturated carbocycles. The van der Waals surface area contributed by atoms with Gasteiger partial charge in [-0.15, -0.1) is 0 Å². The van der Waals surface area contributed by atoms with Gasteiger partial charge < -0.3 is 19.4 Å². The number of aromatic nitrogens is 1. The second-order valence-electron chi connectivity index (χ2n) is 7.24. The van der Waals surface area contributed by atoms with Crippen LogP contribution in [0.4, 0.5) is 0 Å². The predicted octanol–water partition coefficient (Wildman–Crippen LogP) is 4.23. The number of allylic oxidation sites excluding steroid dienone is 1. The number of methoxy groups -OCH3 is 2. The highest BCUT2D eigenvalue weighted by Gasteiger charge is 2.34. The predicted molar refractivity (Wildman–Crippen MR) is 109 cm³/mol. The topological polar surface area (TPSA) is 54.6 Å². The summed E-state index contributed by atoms with van der Waals surface area (Å²) in [5, 5.41) is 1.17. The summed E-state index contributed by atoms with van der Waals surface area (Å²) in [6.45, 7) is 0.713. The lowest BCUT2D eigenvalue weighted by Gasteiger charge is -2.35. The van der Waals surface area contributed by atoms with E-state index in [1.165, 1.54) is 16.5 Å². The monoisotopic (exact) mass is 374 g/mol. The number of carbonyl (C=O) groups is 1. The van der Waals surface area contributed by atoms with E-state index in [0.29, 0.717) is 13.0 Å². The van der Waals surface area contributed by atoms with Crippen molar-refractivity contribution in [3.63, 3.8) is 0 Å². The second-order valence-corrected chi connectivity index (χ2v) is 7.24. The SMILES string of the molecule is COc1ccc(C2=C3c4[nH]c5ccc(OC)cc5c4CCN3C(=O)CC2)cc1. The Hall–Kier alpha value is -3.21. The third-order valence-electron chi connectivity index (χ3n) is 5.82. The van der Waals surface area contributed by atoms with E-state index in [0.717, 1.165) is 46.8 Å². The molecular weight excluding hydrogens is 352 g/mol. The first-order chi connectivity index (χ1) is 13.7. The summed E-state index contributed by atoms with van der Waals surface area (Å²) in [4.78, 5) is 18.2. The molecule has 0 fully saturated rings. The van der Waals surface area contributed by atoms with E-state index >= 15 is 0 Å². The third kappa shape index (κ3) is 2.50. The Kier molecular flexibility index (Phi) is 3.90. The lowest BCUT2D eigenvalue weighted by Crippen LogP contribution is -2.37. The number of hydrogen-bond acceptors (Lipinski definition) is 3. The Labute approximate surface area is 163 Å². The smallest absolute Gasteiger partial charge is 0.227 e. The number of fused-ring (bicyclic) bond motifs is 5. The van der Waals surface area contributed by atoms with Crippen molar-refractivity contribution >= 4 is 28.1 Å². The molecule has 0 saturated heterocycles. The molecule has 5 rings (SSSR count). The average Bonchev–Trinajstić information content (AvgIpc) is 3.12. The molecule has 1 N–H and O–H groups in total. The van der Waals surface area contributed by atoms with Crippen LogP contribution in [0, 0.1) is 0 Å². The number of carbonyl (C=O) groups excluding carboxylic acids is 1. The summed E-state index contributed by atoms with van der Waals surface area (Å²) in [7, 11) is 3.36. The van der Waals surface area contributed by atoms with E-state index in [4.69, 9.17) is 9.47 Å². The van der Waals surface area contributed by atoms with Crippen LogP contribution in [0.3, 0.4) is 0 Å². The maximum atomic E-state index is 12.7. The van der Waals surface area contributed by atoms with E-state index in [1.807, 2.05) is 23.1 Å². The van der Waals surface area contributed by atoms with E-state index in [9.17, 15) is 4.79 Å². The number of hydrogen-bond donors (Lipinski definition) is 1. The van der Waals surface area contributed by atoms with Crippen LogP contribution >= 0.6 is 0 Å². The van der Waals surface area contributed by atoms with E-state index in [2.05, 4.69) is 29.2 Å². The number of nitrogens with zero attached hydrogens (tertiary/aromatic N) is 1. The van der Waals surface area contributed by atoms with E-state index < -0.39 is 0 Å². The van der Waals surface area contributed by atoms with Crippen LogP contribution in [0.5, 0.6) is 11.5 Å². The molecule has 0 spiro atoms. The highest BCUT2D eigenvalue weighted by molar-refractivity contribution is 6.04. The normalized spacial score (nSPS) is 16.2. The third-order valence-corrected chi connectivity index (χ3v) is 5.82. The van der Waals surface area contributed by atoms with Crippen LogP contribution in [-0.2, 0) is 11.2 Å². The minimum Gasteiger partial charge on any atom is -0.497 e. The van der Waals surface area contributed by atoms with Gasteiger partial charge in [0.05, 0.1) is 25.6 Å². The van der Waals surface area contributed by atoms with Crippen LogP contribution in [0.2, 0.25) is 0 Å². The van der Waals surface area contributed by atoms with Crippen LogP contribution in [0.1, 0.15) is 29.7 Å². The maximum Gasteiger partial charge on any atom is 0.227 e. The molecule has 0 atom stereocenters. The second kappa shape index (κ2) is 6.44.